The molecule has 3 aliphatic carbocycles. The smallest absolute Gasteiger partial charge is 0.408 e. The number of carboxylic acid groups (broad SMARTS) is 1. The molecule has 28 heavy (non-hydrogen) atoms. The number of hydrogen-bond donors (Lipinski definition) is 2. The van der Waals surface area contributed by atoms with E-state index in [0.29, 0.717) is 29.3 Å². The fourth-order valence-corrected chi connectivity index (χ4v) is 5.21. The van der Waals surface area contributed by atoms with Crippen LogP contribution in [0.15, 0.2) is 48.5 Å². The molecule has 0 spiro atoms. The molecule has 5 nitrogen and oxygen atoms in total. The summed E-state index contributed by atoms with van der Waals surface area (Å²) >= 11 is 12.4. The van der Waals surface area contributed by atoms with Crippen LogP contribution in [0.4, 0.5) is 4.79 Å². The Balaban J connectivity index is 1.40. The lowest BCUT2D eigenvalue weighted by Crippen LogP contribution is -2.73. The molecule has 0 heterocycles. The van der Waals surface area contributed by atoms with Gasteiger partial charge in [0.25, 0.3) is 0 Å². The number of benzene rings is 2. The molecule has 3 fully saturated rings. The van der Waals surface area contributed by atoms with Crippen LogP contribution in [0.2, 0.25) is 10.0 Å². The molecule has 2 aromatic rings. The van der Waals surface area contributed by atoms with Crippen molar-refractivity contribution in [3.8, 4) is 0 Å². The van der Waals surface area contributed by atoms with Crippen LogP contribution in [-0.4, -0.2) is 23.2 Å². The highest BCUT2D eigenvalue weighted by atomic mass is 35.5. The van der Waals surface area contributed by atoms with E-state index in [1.807, 2.05) is 36.4 Å². The van der Waals surface area contributed by atoms with Gasteiger partial charge in [-0.15, -0.1) is 0 Å². The van der Waals surface area contributed by atoms with Gasteiger partial charge in [-0.2, -0.15) is 0 Å². The number of carbonyl (C=O) groups excluding carboxylic acids is 1. The van der Waals surface area contributed by atoms with Crippen molar-refractivity contribution < 1.29 is 19.4 Å². The summed E-state index contributed by atoms with van der Waals surface area (Å²) in [5, 5.41) is 13.5. The van der Waals surface area contributed by atoms with Crippen LogP contribution in [-0.2, 0) is 21.6 Å². The Morgan fingerprint density at radius 1 is 1.11 bits per heavy atom. The molecular formula is C21H19Cl2NO4. The van der Waals surface area contributed by atoms with Gasteiger partial charge in [0.05, 0.1) is 0 Å². The van der Waals surface area contributed by atoms with Crippen molar-refractivity contribution in [2.75, 3.05) is 0 Å². The Hall–Kier alpha value is -2.24. The van der Waals surface area contributed by atoms with Crippen LogP contribution in [0.1, 0.15) is 30.4 Å². The van der Waals surface area contributed by atoms with E-state index in [1.54, 1.807) is 12.1 Å². The van der Waals surface area contributed by atoms with Crippen molar-refractivity contribution in [2.45, 2.75) is 37.3 Å². The molecule has 0 saturated heterocycles. The zero-order valence-corrected chi connectivity index (χ0v) is 16.5. The predicted molar refractivity (Wildman–Crippen MR) is 106 cm³/mol. The molecule has 0 radical (unpaired) electrons. The lowest BCUT2D eigenvalue weighted by Gasteiger charge is -2.72. The summed E-state index contributed by atoms with van der Waals surface area (Å²) in [6.45, 7) is 0.0913. The molecule has 3 saturated carbocycles. The molecule has 1 atom stereocenters. The molecule has 1 unspecified atom stereocenters. The van der Waals surface area contributed by atoms with Gasteiger partial charge in [-0.25, -0.2) is 9.59 Å². The molecule has 2 bridgehead atoms. The van der Waals surface area contributed by atoms with Gasteiger partial charge >= 0.3 is 12.1 Å². The molecule has 0 aromatic heterocycles. The van der Waals surface area contributed by atoms with Crippen LogP contribution in [0, 0.1) is 5.41 Å². The van der Waals surface area contributed by atoms with Crippen LogP contribution < -0.4 is 5.32 Å². The number of hydrogen-bond acceptors (Lipinski definition) is 3. The van der Waals surface area contributed by atoms with E-state index in [-0.39, 0.29) is 12.0 Å². The summed E-state index contributed by atoms with van der Waals surface area (Å²) in [6.07, 6.45) is 1.22. The first-order valence-corrected chi connectivity index (χ1v) is 9.75. The van der Waals surface area contributed by atoms with Crippen LogP contribution in [0.25, 0.3) is 0 Å². The summed E-state index contributed by atoms with van der Waals surface area (Å²) in [5.41, 5.74) is 1.18. The second kappa shape index (κ2) is 6.98. The molecule has 2 aromatic carbocycles. The van der Waals surface area contributed by atoms with E-state index in [9.17, 15) is 14.7 Å². The summed E-state index contributed by atoms with van der Waals surface area (Å²) in [5.74, 6) is -1.05. The van der Waals surface area contributed by atoms with Crippen molar-refractivity contribution in [2.24, 2.45) is 5.41 Å². The number of carboxylic acids is 1. The zero-order chi connectivity index (χ0) is 19.9. The van der Waals surface area contributed by atoms with E-state index < -0.39 is 23.5 Å². The number of rotatable bonds is 6. The van der Waals surface area contributed by atoms with E-state index in [4.69, 9.17) is 27.9 Å². The number of aliphatic carboxylic acids is 1. The van der Waals surface area contributed by atoms with Gasteiger partial charge in [-0.1, -0.05) is 53.5 Å². The van der Waals surface area contributed by atoms with Gasteiger partial charge in [0.2, 0.25) is 0 Å². The number of halogens is 2. The second-order valence-corrected chi connectivity index (χ2v) is 8.62. The van der Waals surface area contributed by atoms with Crippen molar-refractivity contribution in [3.63, 3.8) is 0 Å². The number of nitrogens with one attached hydrogen (secondary N) is 1. The highest BCUT2D eigenvalue weighted by Gasteiger charge is 2.73. The number of carbonyl (C=O) groups is 2. The molecule has 3 aliphatic rings. The first kappa shape index (κ1) is 19.1. The van der Waals surface area contributed by atoms with Crippen LogP contribution >= 0.6 is 23.2 Å². The number of alkyl carbamates (subject to hydrolysis) is 1. The molecule has 146 valence electrons. The summed E-state index contributed by atoms with van der Waals surface area (Å²) < 4.78 is 5.18. The first-order chi connectivity index (χ1) is 13.3. The lowest BCUT2D eigenvalue weighted by atomic mass is 9.31. The average molecular weight is 420 g/mol. The standard InChI is InChI=1S/C21H19Cl2NO4/c22-14-6-7-16(23)15(8-14)20-10-21(11-20,12-20)17(18(25)26)24-19(27)28-9-13-4-2-1-3-5-13/h1-8,17H,9-12H2,(H,24,27)(H,25,26). The highest BCUT2D eigenvalue weighted by Crippen LogP contribution is 2.75. The number of amides is 1. The van der Waals surface area contributed by atoms with Gasteiger partial charge in [0.15, 0.2) is 0 Å². The average Bonchev–Trinajstić information content (AvgIpc) is 2.60. The minimum Gasteiger partial charge on any atom is -0.480 e. The summed E-state index contributed by atoms with van der Waals surface area (Å²) in [6, 6.07) is 13.6. The van der Waals surface area contributed by atoms with Gasteiger partial charge in [-0.05, 0) is 54.0 Å². The van der Waals surface area contributed by atoms with Crippen LogP contribution in [0.5, 0.6) is 0 Å². The third-order valence-corrected chi connectivity index (χ3v) is 6.47. The molecule has 2 N–H and O–H groups in total. The second-order valence-electron chi connectivity index (χ2n) is 7.77. The van der Waals surface area contributed by atoms with Gasteiger partial charge in [0, 0.05) is 15.5 Å². The monoisotopic (exact) mass is 419 g/mol. The first-order valence-electron chi connectivity index (χ1n) is 8.99. The summed E-state index contributed by atoms with van der Waals surface area (Å²) in [4.78, 5) is 24.0. The van der Waals surface area contributed by atoms with E-state index in [2.05, 4.69) is 5.32 Å². The molecule has 0 aliphatic heterocycles. The maximum Gasteiger partial charge on any atom is 0.408 e. The Morgan fingerprint density at radius 2 is 1.79 bits per heavy atom. The van der Waals surface area contributed by atoms with Crippen LogP contribution in [0.3, 0.4) is 0 Å². The minimum absolute atomic E-state index is 0.0913. The normalized spacial score (nSPS) is 25.8. The largest absolute Gasteiger partial charge is 0.480 e. The third-order valence-electron chi connectivity index (χ3n) is 5.91. The Morgan fingerprint density at radius 3 is 2.43 bits per heavy atom. The van der Waals surface area contributed by atoms with E-state index in [0.717, 1.165) is 11.1 Å². The molecular weight excluding hydrogens is 401 g/mol. The van der Waals surface area contributed by atoms with Crippen molar-refractivity contribution in [1.82, 2.24) is 5.32 Å². The fraction of sp³-hybridized carbons (Fsp3) is 0.333. The van der Waals surface area contributed by atoms with Gasteiger partial charge < -0.3 is 15.2 Å². The maximum absolute atomic E-state index is 12.1. The Bertz CT molecular complexity index is 911. The van der Waals surface area contributed by atoms with Crippen molar-refractivity contribution in [1.29, 1.82) is 0 Å². The van der Waals surface area contributed by atoms with Gasteiger partial charge in [-0.3, -0.25) is 0 Å². The molecule has 1 amide bonds. The number of ether oxygens (including phenoxy) is 1. The topological polar surface area (TPSA) is 75.6 Å². The van der Waals surface area contributed by atoms with Crippen molar-refractivity contribution >= 4 is 35.3 Å². The Kier molecular flexibility index (Phi) is 4.76. The molecule has 7 heteroatoms. The predicted octanol–water partition coefficient (Wildman–Crippen LogP) is 4.79. The van der Waals surface area contributed by atoms with E-state index >= 15 is 0 Å². The highest BCUT2D eigenvalue weighted by molar-refractivity contribution is 6.33. The molecule has 5 rings (SSSR count). The fourth-order valence-electron chi connectivity index (χ4n) is 4.72. The summed E-state index contributed by atoms with van der Waals surface area (Å²) in [7, 11) is 0. The van der Waals surface area contributed by atoms with Gasteiger partial charge in [0.1, 0.15) is 12.6 Å². The third kappa shape index (κ3) is 3.23. The SMILES string of the molecule is O=C(NC(C(=O)O)C12CC(c3cc(Cl)ccc3Cl)(C1)C2)OCc1ccccc1. The van der Waals surface area contributed by atoms with E-state index in [1.165, 1.54) is 0 Å². The Labute approximate surface area is 172 Å². The quantitative estimate of drug-likeness (QED) is 0.705. The van der Waals surface area contributed by atoms with Crippen molar-refractivity contribution in [3.05, 3.63) is 69.7 Å². The zero-order valence-electron chi connectivity index (χ0n) is 15.0. The lowest BCUT2D eigenvalue weighted by molar-refractivity contribution is -0.183. The maximum atomic E-state index is 12.1. The minimum atomic E-state index is -1.05.